The van der Waals surface area contributed by atoms with Gasteiger partial charge in [-0.15, -0.1) is 0 Å². The third kappa shape index (κ3) is 2.78. The van der Waals surface area contributed by atoms with Crippen molar-refractivity contribution in [3.63, 3.8) is 0 Å². The molecule has 1 fully saturated rings. The van der Waals surface area contributed by atoms with Crippen molar-refractivity contribution < 1.29 is 23.0 Å². The summed E-state index contributed by atoms with van der Waals surface area (Å²) in [6.45, 7) is 1.60. The smallest absolute Gasteiger partial charge is 0.416 e. The molecule has 7 heteroatoms. The number of hydrogen-bond donors (Lipinski definition) is 2. The Balaban J connectivity index is 2.37. The van der Waals surface area contributed by atoms with E-state index in [-0.39, 0.29) is 4.47 Å². The number of morpholine rings is 1. The minimum Gasteiger partial charge on any atom is -0.508 e. The number of ether oxygens (including phenoxy) is 1. The van der Waals surface area contributed by atoms with Gasteiger partial charge < -0.3 is 15.2 Å². The molecule has 0 aliphatic carbocycles. The van der Waals surface area contributed by atoms with Crippen LogP contribution in [0.3, 0.4) is 0 Å². The highest BCUT2D eigenvalue weighted by atomic mass is 79.9. The zero-order chi connectivity index (χ0) is 13.3. The lowest BCUT2D eigenvalue weighted by Gasteiger charge is -2.26. The second kappa shape index (κ2) is 5.07. The summed E-state index contributed by atoms with van der Waals surface area (Å²) in [6.07, 6.45) is -4.93. The molecule has 2 rings (SSSR count). The summed E-state index contributed by atoms with van der Waals surface area (Å²) in [6, 6.07) is 1.67. The van der Waals surface area contributed by atoms with E-state index in [9.17, 15) is 18.3 Å². The standard InChI is InChI=1S/C11H11BrF3NO2/c12-7-3-6(11(13,14)15)4-8(17)10(7)9-5-16-1-2-18-9/h3-4,9,16-17H,1-2,5H2. The van der Waals surface area contributed by atoms with Gasteiger partial charge in [0.05, 0.1) is 18.3 Å². The first-order valence-corrected chi connectivity index (χ1v) is 6.11. The highest BCUT2D eigenvalue weighted by molar-refractivity contribution is 9.10. The SMILES string of the molecule is Oc1cc(C(F)(F)F)cc(Br)c1C1CNCCO1. The van der Waals surface area contributed by atoms with Gasteiger partial charge >= 0.3 is 6.18 Å². The van der Waals surface area contributed by atoms with Crippen molar-refractivity contribution in [1.82, 2.24) is 5.32 Å². The van der Waals surface area contributed by atoms with E-state index in [4.69, 9.17) is 4.74 Å². The number of halogens is 4. The van der Waals surface area contributed by atoms with Gasteiger partial charge in [0, 0.05) is 23.1 Å². The lowest BCUT2D eigenvalue weighted by molar-refractivity contribution is -0.137. The molecule has 18 heavy (non-hydrogen) atoms. The van der Waals surface area contributed by atoms with Gasteiger partial charge in [-0.05, 0) is 12.1 Å². The molecule has 0 bridgehead atoms. The van der Waals surface area contributed by atoms with Crippen molar-refractivity contribution in [2.24, 2.45) is 0 Å². The molecule has 1 aliphatic rings. The molecule has 0 amide bonds. The van der Waals surface area contributed by atoms with Crippen LogP contribution in [0.25, 0.3) is 0 Å². The van der Waals surface area contributed by atoms with E-state index < -0.39 is 23.6 Å². The van der Waals surface area contributed by atoms with Crippen molar-refractivity contribution in [1.29, 1.82) is 0 Å². The molecule has 1 atom stereocenters. The predicted octanol–water partition coefficient (Wildman–Crippen LogP) is 2.83. The summed E-state index contributed by atoms with van der Waals surface area (Å²) in [5.41, 5.74) is -0.547. The predicted molar refractivity (Wildman–Crippen MR) is 62.4 cm³/mol. The van der Waals surface area contributed by atoms with Crippen LogP contribution in [0, 0.1) is 0 Å². The first-order valence-electron chi connectivity index (χ1n) is 5.31. The average Bonchev–Trinajstić information content (AvgIpc) is 2.28. The number of phenolic OH excluding ortho intramolecular Hbond substituents is 1. The Kier molecular flexibility index (Phi) is 3.84. The summed E-state index contributed by atoms with van der Waals surface area (Å²) in [4.78, 5) is 0. The molecule has 1 aromatic carbocycles. The second-order valence-electron chi connectivity index (χ2n) is 3.95. The van der Waals surface area contributed by atoms with Crippen LogP contribution >= 0.6 is 15.9 Å². The van der Waals surface area contributed by atoms with E-state index in [0.717, 1.165) is 12.1 Å². The van der Waals surface area contributed by atoms with E-state index in [1.807, 2.05) is 0 Å². The summed E-state index contributed by atoms with van der Waals surface area (Å²) >= 11 is 3.06. The van der Waals surface area contributed by atoms with E-state index in [1.165, 1.54) is 0 Å². The number of rotatable bonds is 1. The van der Waals surface area contributed by atoms with E-state index in [2.05, 4.69) is 21.2 Å². The normalized spacial score (nSPS) is 21.0. The average molecular weight is 326 g/mol. The highest BCUT2D eigenvalue weighted by Crippen LogP contribution is 2.40. The molecule has 100 valence electrons. The lowest BCUT2D eigenvalue weighted by atomic mass is 10.0. The van der Waals surface area contributed by atoms with Crippen molar-refractivity contribution >= 4 is 15.9 Å². The first kappa shape index (κ1) is 13.6. The molecule has 0 aromatic heterocycles. The van der Waals surface area contributed by atoms with E-state index in [1.54, 1.807) is 0 Å². The Hall–Kier alpha value is -0.790. The van der Waals surface area contributed by atoms with Crippen LogP contribution in [0.2, 0.25) is 0 Å². The van der Waals surface area contributed by atoms with Gasteiger partial charge in [-0.2, -0.15) is 13.2 Å². The van der Waals surface area contributed by atoms with Crippen LogP contribution in [0.4, 0.5) is 13.2 Å². The lowest BCUT2D eigenvalue weighted by Crippen LogP contribution is -2.33. The quantitative estimate of drug-likeness (QED) is 0.834. The summed E-state index contributed by atoms with van der Waals surface area (Å²) in [7, 11) is 0. The van der Waals surface area contributed by atoms with Gasteiger partial charge in [-0.1, -0.05) is 15.9 Å². The fourth-order valence-corrected chi connectivity index (χ4v) is 2.54. The third-order valence-electron chi connectivity index (χ3n) is 2.68. The molecule has 2 N–H and O–H groups in total. The number of alkyl halides is 3. The molecule has 0 saturated carbocycles. The van der Waals surface area contributed by atoms with E-state index in [0.29, 0.717) is 25.3 Å². The number of benzene rings is 1. The zero-order valence-corrected chi connectivity index (χ0v) is 10.8. The zero-order valence-electron chi connectivity index (χ0n) is 9.22. The number of hydrogen-bond acceptors (Lipinski definition) is 3. The second-order valence-corrected chi connectivity index (χ2v) is 4.81. The molecule has 0 radical (unpaired) electrons. The minimum absolute atomic E-state index is 0.198. The van der Waals surface area contributed by atoms with Gasteiger partial charge in [-0.3, -0.25) is 0 Å². The number of phenols is 1. The third-order valence-corrected chi connectivity index (χ3v) is 3.34. The maximum Gasteiger partial charge on any atom is 0.416 e. The minimum atomic E-state index is -4.48. The molecule has 1 unspecified atom stereocenters. The van der Waals surface area contributed by atoms with Crippen LogP contribution in [0.1, 0.15) is 17.2 Å². The fraction of sp³-hybridized carbons (Fsp3) is 0.455. The molecule has 3 nitrogen and oxygen atoms in total. The number of aromatic hydroxyl groups is 1. The highest BCUT2D eigenvalue weighted by Gasteiger charge is 2.33. The number of nitrogens with one attached hydrogen (secondary N) is 1. The van der Waals surface area contributed by atoms with Crippen LogP contribution in [-0.2, 0) is 10.9 Å². The fourth-order valence-electron chi connectivity index (χ4n) is 1.84. The largest absolute Gasteiger partial charge is 0.508 e. The van der Waals surface area contributed by atoms with Crippen LogP contribution in [0.15, 0.2) is 16.6 Å². The summed E-state index contributed by atoms with van der Waals surface area (Å²) < 4.78 is 43.3. The van der Waals surface area contributed by atoms with Crippen LogP contribution in [-0.4, -0.2) is 24.8 Å². The molecule has 1 saturated heterocycles. The Morgan fingerprint density at radius 3 is 2.61 bits per heavy atom. The van der Waals surface area contributed by atoms with Gasteiger partial charge in [0.15, 0.2) is 0 Å². The van der Waals surface area contributed by atoms with Crippen molar-refractivity contribution in [3.05, 3.63) is 27.7 Å². The molecule has 1 heterocycles. The Morgan fingerprint density at radius 1 is 1.39 bits per heavy atom. The van der Waals surface area contributed by atoms with Gasteiger partial charge in [-0.25, -0.2) is 0 Å². The van der Waals surface area contributed by atoms with E-state index >= 15 is 0 Å². The van der Waals surface area contributed by atoms with Gasteiger partial charge in [0.2, 0.25) is 0 Å². The van der Waals surface area contributed by atoms with Gasteiger partial charge in [0.1, 0.15) is 5.75 Å². The van der Waals surface area contributed by atoms with Crippen molar-refractivity contribution in [3.8, 4) is 5.75 Å². The molecular formula is C11H11BrF3NO2. The maximum atomic E-state index is 12.5. The van der Waals surface area contributed by atoms with Crippen LogP contribution in [0.5, 0.6) is 5.75 Å². The molecule has 1 aromatic rings. The Morgan fingerprint density at radius 2 is 2.11 bits per heavy atom. The Labute approximate surface area is 110 Å². The van der Waals surface area contributed by atoms with Crippen molar-refractivity contribution in [2.75, 3.05) is 19.7 Å². The van der Waals surface area contributed by atoms with Crippen LogP contribution < -0.4 is 5.32 Å². The van der Waals surface area contributed by atoms with Gasteiger partial charge in [0.25, 0.3) is 0 Å². The molecular weight excluding hydrogens is 315 g/mol. The maximum absolute atomic E-state index is 12.5. The summed E-state index contributed by atoms with van der Waals surface area (Å²) in [5.74, 6) is -0.412. The monoisotopic (exact) mass is 325 g/mol. The Bertz CT molecular complexity index is 421. The van der Waals surface area contributed by atoms with Crippen molar-refractivity contribution in [2.45, 2.75) is 12.3 Å². The molecule has 1 aliphatic heterocycles. The topological polar surface area (TPSA) is 41.5 Å². The molecule has 0 spiro atoms. The first-order chi connectivity index (χ1) is 8.39. The summed E-state index contributed by atoms with van der Waals surface area (Å²) in [5, 5.41) is 12.8.